The van der Waals surface area contributed by atoms with E-state index in [1.165, 1.54) is 18.4 Å². The van der Waals surface area contributed by atoms with Crippen molar-refractivity contribution in [3.8, 4) is 5.75 Å². The van der Waals surface area contributed by atoms with Crippen molar-refractivity contribution >= 4 is 17.2 Å². The van der Waals surface area contributed by atoms with Gasteiger partial charge in [-0.1, -0.05) is 12.1 Å². The van der Waals surface area contributed by atoms with Crippen LogP contribution in [0.2, 0.25) is 0 Å². The number of halogens is 3. The SMILES string of the molecule is COc1ccc(C2(C(=O)N(Cc3ccsc3)CC(F)(F)F)CCOCC2)cc1. The van der Waals surface area contributed by atoms with Gasteiger partial charge in [0.25, 0.3) is 0 Å². The molecule has 0 bridgehead atoms. The second-order valence-electron chi connectivity index (χ2n) is 6.83. The highest BCUT2D eigenvalue weighted by Crippen LogP contribution is 2.38. The van der Waals surface area contributed by atoms with Gasteiger partial charge in [-0.2, -0.15) is 24.5 Å². The summed E-state index contributed by atoms with van der Waals surface area (Å²) >= 11 is 1.39. The average molecular weight is 413 g/mol. The summed E-state index contributed by atoms with van der Waals surface area (Å²) in [6.45, 7) is -0.687. The van der Waals surface area contributed by atoms with Crippen LogP contribution >= 0.6 is 11.3 Å². The van der Waals surface area contributed by atoms with Crippen LogP contribution in [0.25, 0.3) is 0 Å². The first-order valence-electron chi connectivity index (χ1n) is 8.93. The zero-order chi connectivity index (χ0) is 20.2. The first-order valence-corrected chi connectivity index (χ1v) is 9.88. The molecule has 152 valence electrons. The number of benzene rings is 1. The number of hydrogen-bond donors (Lipinski definition) is 0. The summed E-state index contributed by atoms with van der Waals surface area (Å²) in [4.78, 5) is 14.4. The minimum absolute atomic E-state index is 0.0688. The normalized spacial score (nSPS) is 16.6. The van der Waals surface area contributed by atoms with Gasteiger partial charge in [-0.25, -0.2) is 0 Å². The maximum absolute atomic E-state index is 13.5. The fourth-order valence-electron chi connectivity index (χ4n) is 3.58. The Balaban J connectivity index is 1.96. The van der Waals surface area contributed by atoms with E-state index in [0.29, 0.717) is 42.9 Å². The van der Waals surface area contributed by atoms with Crippen molar-refractivity contribution in [1.29, 1.82) is 0 Å². The Hall–Kier alpha value is -2.06. The molecule has 0 N–H and O–H groups in total. The van der Waals surface area contributed by atoms with Crippen LogP contribution in [0.5, 0.6) is 5.75 Å². The molecule has 0 unspecified atom stereocenters. The van der Waals surface area contributed by atoms with E-state index in [4.69, 9.17) is 9.47 Å². The Morgan fingerprint density at radius 2 is 1.89 bits per heavy atom. The molecule has 1 aromatic carbocycles. The topological polar surface area (TPSA) is 38.8 Å². The number of hydrogen-bond acceptors (Lipinski definition) is 4. The molecule has 3 rings (SSSR count). The number of nitrogens with zero attached hydrogens (tertiary/aromatic N) is 1. The Bertz CT molecular complexity index is 769. The summed E-state index contributed by atoms with van der Waals surface area (Å²) in [5.41, 5.74) is 0.352. The van der Waals surface area contributed by atoms with Gasteiger partial charge >= 0.3 is 6.18 Å². The molecule has 1 amide bonds. The van der Waals surface area contributed by atoms with Crippen molar-refractivity contribution in [2.75, 3.05) is 26.9 Å². The van der Waals surface area contributed by atoms with Gasteiger partial charge in [-0.05, 0) is 52.9 Å². The van der Waals surface area contributed by atoms with Crippen LogP contribution < -0.4 is 4.74 Å². The summed E-state index contributed by atoms with van der Waals surface area (Å²) < 4.78 is 50.3. The minimum Gasteiger partial charge on any atom is -0.497 e. The second kappa shape index (κ2) is 8.53. The number of amides is 1. The standard InChI is InChI=1S/C20H22F3NO3S/c1-26-17-4-2-16(3-5-17)19(7-9-27-10-8-19)18(25)24(14-20(21,22)23)12-15-6-11-28-13-15/h2-6,11,13H,7-10,12,14H2,1H3. The van der Waals surface area contributed by atoms with Crippen LogP contribution in [0.1, 0.15) is 24.0 Å². The van der Waals surface area contributed by atoms with Gasteiger partial charge in [-0.3, -0.25) is 4.79 Å². The van der Waals surface area contributed by atoms with E-state index in [-0.39, 0.29) is 6.54 Å². The molecule has 1 aliphatic heterocycles. The molecule has 28 heavy (non-hydrogen) atoms. The Labute approximate surface area is 165 Å². The van der Waals surface area contributed by atoms with Crippen LogP contribution in [-0.4, -0.2) is 43.9 Å². The molecule has 0 spiro atoms. The Morgan fingerprint density at radius 3 is 2.43 bits per heavy atom. The number of carbonyl (C=O) groups is 1. The molecule has 0 saturated carbocycles. The van der Waals surface area contributed by atoms with Crippen LogP contribution in [0.4, 0.5) is 13.2 Å². The summed E-state index contributed by atoms with van der Waals surface area (Å²) in [5.74, 6) is 0.119. The summed E-state index contributed by atoms with van der Waals surface area (Å²) in [7, 11) is 1.54. The number of rotatable bonds is 6. The molecule has 8 heteroatoms. The first-order chi connectivity index (χ1) is 13.3. The fourth-order valence-corrected chi connectivity index (χ4v) is 4.24. The Kier molecular flexibility index (Phi) is 6.30. The van der Waals surface area contributed by atoms with Gasteiger partial charge in [0.1, 0.15) is 12.3 Å². The lowest BCUT2D eigenvalue weighted by Gasteiger charge is -2.40. The van der Waals surface area contributed by atoms with E-state index in [2.05, 4.69) is 0 Å². The monoisotopic (exact) mass is 413 g/mol. The van der Waals surface area contributed by atoms with Gasteiger partial charge in [0.15, 0.2) is 0 Å². The van der Waals surface area contributed by atoms with Gasteiger partial charge in [-0.15, -0.1) is 0 Å². The van der Waals surface area contributed by atoms with E-state index in [1.807, 2.05) is 0 Å². The zero-order valence-electron chi connectivity index (χ0n) is 15.5. The van der Waals surface area contributed by atoms with Crippen molar-refractivity contribution < 1.29 is 27.4 Å². The molecule has 1 aromatic heterocycles. The number of alkyl halides is 3. The largest absolute Gasteiger partial charge is 0.497 e. The van der Waals surface area contributed by atoms with E-state index in [0.717, 1.165) is 4.90 Å². The van der Waals surface area contributed by atoms with E-state index in [1.54, 1.807) is 41.1 Å². The third-order valence-electron chi connectivity index (χ3n) is 5.01. The quantitative estimate of drug-likeness (QED) is 0.705. The molecular weight excluding hydrogens is 391 g/mol. The van der Waals surface area contributed by atoms with Crippen molar-refractivity contribution in [2.24, 2.45) is 0 Å². The second-order valence-corrected chi connectivity index (χ2v) is 7.61. The van der Waals surface area contributed by atoms with Crippen LogP contribution in [0.15, 0.2) is 41.1 Å². The smallest absolute Gasteiger partial charge is 0.406 e. The maximum atomic E-state index is 13.5. The summed E-state index contributed by atoms with van der Waals surface area (Å²) in [6, 6.07) is 8.72. The molecule has 0 aliphatic carbocycles. The van der Waals surface area contributed by atoms with E-state index < -0.39 is 24.0 Å². The van der Waals surface area contributed by atoms with Gasteiger partial charge in [0.05, 0.1) is 12.5 Å². The molecular formula is C20H22F3NO3S. The van der Waals surface area contributed by atoms with Crippen LogP contribution in [-0.2, 0) is 21.5 Å². The highest BCUT2D eigenvalue weighted by molar-refractivity contribution is 7.07. The van der Waals surface area contributed by atoms with Crippen molar-refractivity contribution in [2.45, 2.75) is 31.0 Å². The van der Waals surface area contributed by atoms with Gasteiger partial charge < -0.3 is 14.4 Å². The molecule has 2 aromatic rings. The highest BCUT2D eigenvalue weighted by Gasteiger charge is 2.46. The molecule has 1 saturated heterocycles. The molecule has 2 heterocycles. The lowest BCUT2D eigenvalue weighted by molar-refractivity contribution is -0.168. The molecule has 0 atom stereocenters. The summed E-state index contributed by atoms with van der Waals surface area (Å²) in [6.07, 6.45) is -3.79. The number of thiophene rings is 1. The number of ether oxygens (including phenoxy) is 2. The van der Waals surface area contributed by atoms with Crippen LogP contribution in [0.3, 0.4) is 0 Å². The molecule has 1 fully saturated rings. The van der Waals surface area contributed by atoms with Gasteiger partial charge in [0, 0.05) is 19.8 Å². The lowest BCUT2D eigenvalue weighted by atomic mass is 9.73. The fraction of sp³-hybridized carbons (Fsp3) is 0.450. The molecule has 0 radical (unpaired) electrons. The van der Waals surface area contributed by atoms with Crippen molar-refractivity contribution in [1.82, 2.24) is 4.90 Å². The van der Waals surface area contributed by atoms with E-state index >= 15 is 0 Å². The number of methoxy groups -OCH3 is 1. The predicted molar refractivity (Wildman–Crippen MR) is 101 cm³/mol. The van der Waals surface area contributed by atoms with Crippen molar-refractivity contribution in [3.63, 3.8) is 0 Å². The Morgan fingerprint density at radius 1 is 1.21 bits per heavy atom. The van der Waals surface area contributed by atoms with Crippen LogP contribution in [0, 0.1) is 0 Å². The maximum Gasteiger partial charge on any atom is 0.406 e. The molecule has 1 aliphatic rings. The minimum atomic E-state index is -4.47. The lowest BCUT2D eigenvalue weighted by Crippen LogP contribution is -2.51. The third kappa shape index (κ3) is 4.67. The predicted octanol–water partition coefficient (Wildman–Crippen LogP) is 4.40. The highest BCUT2D eigenvalue weighted by atomic mass is 32.1. The molecule has 4 nitrogen and oxygen atoms in total. The summed E-state index contributed by atoms with van der Waals surface area (Å²) in [5, 5.41) is 3.56. The first kappa shape index (κ1) is 20.7. The van der Waals surface area contributed by atoms with Gasteiger partial charge in [0.2, 0.25) is 5.91 Å². The zero-order valence-corrected chi connectivity index (χ0v) is 16.3. The average Bonchev–Trinajstić information content (AvgIpc) is 3.19. The van der Waals surface area contributed by atoms with E-state index in [9.17, 15) is 18.0 Å². The number of carbonyl (C=O) groups excluding carboxylic acids is 1. The van der Waals surface area contributed by atoms with Crippen molar-refractivity contribution in [3.05, 3.63) is 52.2 Å². The third-order valence-corrected chi connectivity index (χ3v) is 5.74.